The molecule has 0 radical (unpaired) electrons. The van der Waals surface area contributed by atoms with E-state index in [4.69, 9.17) is 18.8 Å². The Morgan fingerprint density at radius 3 is 2.71 bits per heavy atom. The van der Waals surface area contributed by atoms with E-state index in [0.717, 1.165) is 16.6 Å². The second-order valence-electron chi connectivity index (χ2n) is 5.25. The van der Waals surface area contributed by atoms with Gasteiger partial charge in [0.15, 0.2) is 0 Å². The molecule has 0 amide bonds. The van der Waals surface area contributed by atoms with E-state index in [0.29, 0.717) is 17.3 Å². The van der Waals surface area contributed by atoms with Crippen LogP contribution in [0.25, 0.3) is 10.9 Å². The first-order valence-corrected chi connectivity index (χ1v) is 7.17. The normalized spacial score (nSPS) is 11.8. The molecule has 108 valence electrons. The van der Waals surface area contributed by atoms with Crippen LogP contribution in [-0.4, -0.2) is 11.1 Å². The first-order chi connectivity index (χ1) is 10.6. The number of nitrogen functional groups attached to an aromatic ring is 1. The summed E-state index contributed by atoms with van der Waals surface area (Å²) in [6.45, 7) is 2.87. The van der Waals surface area contributed by atoms with Gasteiger partial charge in [-0.1, -0.05) is 41.4 Å². The molecule has 2 aromatic carbocycles. The first-order valence-electron chi connectivity index (χ1n) is 7.20. The van der Waals surface area contributed by atoms with Crippen LogP contribution in [0.1, 0.15) is 16.8 Å². The third-order valence-electron chi connectivity index (χ3n) is 3.73. The van der Waals surface area contributed by atoms with Crippen molar-refractivity contribution in [1.82, 2.24) is 4.57 Å². The quantitative estimate of drug-likeness (QED) is 0.722. The summed E-state index contributed by atoms with van der Waals surface area (Å²) < 4.78 is 9.14. The zero-order valence-electron chi connectivity index (χ0n) is 12.8. The minimum atomic E-state index is 0.138. The van der Waals surface area contributed by atoms with Gasteiger partial charge in [0.05, 0.1) is 22.8 Å². The lowest BCUT2D eigenvalue weighted by molar-refractivity contribution is 0.272. The highest BCUT2D eigenvalue weighted by atomic mass is 35.5. The number of aliphatic hydroxyl groups is 1. The van der Waals surface area contributed by atoms with Crippen LogP contribution in [-0.2, 0) is 13.2 Å². The number of nitrogens with zero attached hydrogens (tertiary/aromatic N) is 1. The maximum Gasteiger partial charge on any atom is 0.211 e. The van der Waals surface area contributed by atoms with Gasteiger partial charge in [0, 0.05) is 17.6 Å². The maximum absolute atomic E-state index is 7.06. The standard InChI is InChI=1S/C17H17ClN2O/c1-11-2-4-12(5-3-11)9-20-15-7-6-13(19)8-14(15)17(18)16(20)10-21/h2-8,21H,9-10,19H2,1H3/i21T. The Hall–Kier alpha value is -1.97. The van der Waals surface area contributed by atoms with Gasteiger partial charge in [-0.25, -0.2) is 0 Å². The fourth-order valence-electron chi connectivity index (χ4n) is 2.58. The highest BCUT2D eigenvalue weighted by Crippen LogP contribution is 2.32. The topological polar surface area (TPSA) is 51.2 Å². The zero-order valence-corrected chi connectivity index (χ0v) is 12.5. The minimum absolute atomic E-state index is 0.138. The van der Waals surface area contributed by atoms with E-state index in [1.165, 1.54) is 11.1 Å². The van der Waals surface area contributed by atoms with Crippen molar-refractivity contribution in [1.29, 1.82) is 1.43 Å². The van der Waals surface area contributed by atoms with E-state index < -0.39 is 0 Å². The molecule has 0 saturated carbocycles. The molecule has 0 unspecified atom stereocenters. The molecule has 3 N–H and O–H groups in total. The molecule has 3 aromatic rings. The van der Waals surface area contributed by atoms with Crippen LogP contribution in [0.15, 0.2) is 42.5 Å². The molecule has 0 bridgehead atoms. The molecule has 0 fully saturated rings. The summed E-state index contributed by atoms with van der Waals surface area (Å²) in [6, 6.07) is 14.0. The van der Waals surface area contributed by atoms with E-state index in [1.54, 1.807) is 0 Å². The molecule has 1 heterocycles. The Balaban J connectivity index is 2.13. The molecule has 0 saturated heterocycles. The molecule has 0 atom stereocenters. The van der Waals surface area contributed by atoms with E-state index in [9.17, 15) is 0 Å². The third-order valence-corrected chi connectivity index (χ3v) is 4.15. The number of benzene rings is 2. The van der Waals surface area contributed by atoms with Crippen molar-refractivity contribution >= 4 is 28.2 Å². The van der Waals surface area contributed by atoms with Crippen molar-refractivity contribution in [3.8, 4) is 0 Å². The maximum atomic E-state index is 7.06. The Bertz CT molecular complexity index is 812. The van der Waals surface area contributed by atoms with Gasteiger partial charge >= 0.3 is 0 Å². The van der Waals surface area contributed by atoms with E-state index in [2.05, 4.69) is 40.9 Å². The molecule has 4 heteroatoms. The Kier molecular flexibility index (Phi) is 3.30. The van der Waals surface area contributed by atoms with Crippen LogP contribution in [0.2, 0.25) is 5.02 Å². The van der Waals surface area contributed by atoms with Crippen molar-refractivity contribution in [2.24, 2.45) is 0 Å². The summed E-state index contributed by atoms with van der Waals surface area (Å²) in [7, 11) is 0. The average Bonchev–Trinajstić information content (AvgIpc) is 2.75. The molecule has 0 aliphatic rings. The summed E-state index contributed by atoms with van der Waals surface area (Å²) in [6.07, 6.45) is 0. The molecule has 0 aliphatic carbocycles. The van der Waals surface area contributed by atoms with Gasteiger partial charge in [0.2, 0.25) is 1.43 Å². The van der Waals surface area contributed by atoms with Crippen LogP contribution in [0.4, 0.5) is 5.69 Å². The predicted octanol–water partition coefficient (Wildman–Crippen LogP) is 3.73. The number of hydrogen-bond donors (Lipinski definition) is 2. The second kappa shape index (κ2) is 5.43. The lowest BCUT2D eigenvalue weighted by Crippen LogP contribution is -2.04. The fraction of sp³-hybridized carbons (Fsp3) is 0.176. The largest absolute Gasteiger partial charge is 0.399 e. The second-order valence-corrected chi connectivity index (χ2v) is 5.63. The van der Waals surface area contributed by atoms with Crippen molar-refractivity contribution in [3.05, 3.63) is 64.3 Å². The average molecular weight is 303 g/mol. The van der Waals surface area contributed by atoms with Gasteiger partial charge in [-0.05, 0) is 30.7 Å². The number of aliphatic hydroxyl groups excluding tert-OH is 1. The fourth-order valence-corrected chi connectivity index (χ4v) is 2.89. The van der Waals surface area contributed by atoms with Crippen LogP contribution in [0.3, 0.4) is 0 Å². The van der Waals surface area contributed by atoms with Crippen molar-refractivity contribution in [2.45, 2.75) is 20.1 Å². The number of aromatic nitrogens is 1. The summed E-state index contributed by atoms with van der Waals surface area (Å²) >= 11 is 6.46. The van der Waals surface area contributed by atoms with Gasteiger partial charge in [-0.2, -0.15) is 0 Å². The number of aryl methyl sites for hydroxylation is 1. The van der Waals surface area contributed by atoms with Crippen LogP contribution < -0.4 is 5.73 Å². The van der Waals surface area contributed by atoms with E-state index >= 15 is 0 Å². The SMILES string of the molecule is [3H]OCc1c(Cl)c2cc(N)ccc2n1Cc1ccc(C)cc1. The Morgan fingerprint density at radius 1 is 1.24 bits per heavy atom. The monoisotopic (exact) mass is 302 g/mol. The Morgan fingerprint density at radius 2 is 2.00 bits per heavy atom. The molecular formula is C17H17ClN2O. The van der Waals surface area contributed by atoms with Gasteiger partial charge in [-0.3, -0.25) is 0 Å². The molecule has 3 nitrogen and oxygen atoms in total. The summed E-state index contributed by atoms with van der Waals surface area (Å²) in [4.78, 5) is 0. The molecule has 0 aliphatic heterocycles. The van der Waals surface area contributed by atoms with Gasteiger partial charge in [-0.15, -0.1) is 0 Å². The number of fused-ring (bicyclic) bond motifs is 1. The lowest BCUT2D eigenvalue weighted by atomic mass is 10.1. The number of nitrogens with two attached hydrogens (primary N) is 1. The van der Waals surface area contributed by atoms with E-state index in [-0.39, 0.29) is 6.61 Å². The molecule has 21 heavy (non-hydrogen) atoms. The number of halogens is 1. The van der Waals surface area contributed by atoms with Crippen LogP contribution >= 0.6 is 11.6 Å². The number of rotatable bonds is 4. The molecular weight excluding hydrogens is 284 g/mol. The van der Waals surface area contributed by atoms with Crippen LogP contribution in [0.5, 0.6) is 0 Å². The Labute approximate surface area is 130 Å². The first kappa shape index (κ1) is 12.7. The molecule has 3 rings (SSSR count). The number of hydrogen-bond acceptors (Lipinski definition) is 2. The smallest absolute Gasteiger partial charge is 0.211 e. The summed E-state index contributed by atoms with van der Waals surface area (Å²) in [5, 5.41) is 6.07. The summed E-state index contributed by atoms with van der Waals surface area (Å²) in [5.41, 5.74) is 10.7. The van der Waals surface area contributed by atoms with Gasteiger partial charge in [0.25, 0.3) is 0 Å². The van der Waals surface area contributed by atoms with Crippen molar-refractivity contribution < 1.29 is 5.11 Å². The zero-order chi connectivity index (χ0) is 15.7. The highest BCUT2D eigenvalue weighted by Gasteiger charge is 2.15. The highest BCUT2D eigenvalue weighted by molar-refractivity contribution is 6.36. The third kappa shape index (κ3) is 2.50. The van der Waals surface area contributed by atoms with Gasteiger partial charge < -0.3 is 15.4 Å². The van der Waals surface area contributed by atoms with E-state index in [1.807, 2.05) is 18.2 Å². The van der Waals surface area contributed by atoms with Crippen LogP contribution in [0, 0.1) is 6.92 Å². The predicted molar refractivity (Wildman–Crippen MR) is 87.6 cm³/mol. The lowest BCUT2D eigenvalue weighted by Gasteiger charge is -2.10. The summed E-state index contributed by atoms with van der Waals surface area (Å²) in [5.74, 6) is 0. The molecule has 0 spiro atoms. The van der Waals surface area contributed by atoms with Gasteiger partial charge in [0.1, 0.15) is 0 Å². The number of anilines is 1. The van der Waals surface area contributed by atoms with Crippen molar-refractivity contribution in [2.75, 3.05) is 5.73 Å². The van der Waals surface area contributed by atoms with Crippen molar-refractivity contribution in [3.63, 3.8) is 0 Å². The molecule has 1 aromatic heterocycles. The minimum Gasteiger partial charge on any atom is -0.399 e.